The van der Waals surface area contributed by atoms with Crippen molar-refractivity contribution < 1.29 is 17.2 Å². The summed E-state index contributed by atoms with van der Waals surface area (Å²) < 4.78 is 35.6. The van der Waals surface area contributed by atoms with Crippen molar-refractivity contribution in [3.63, 3.8) is 0 Å². The van der Waals surface area contributed by atoms with Crippen LogP contribution in [0.3, 0.4) is 0 Å². The summed E-state index contributed by atoms with van der Waals surface area (Å²) in [4.78, 5) is 0. The number of rotatable bonds is 31. The van der Waals surface area contributed by atoms with Crippen molar-refractivity contribution >= 4 is 10.4 Å². The summed E-state index contributed by atoms with van der Waals surface area (Å²) in [6, 6.07) is 0. The Hall–Kier alpha value is -0.390. The van der Waals surface area contributed by atoms with Gasteiger partial charge < -0.3 is 0 Å². The van der Waals surface area contributed by atoms with Crippen molar-refractivity contribution in [2.24, 2.45) is 5.92 Å². The van der Waals surface area contributed by atoms with Crippen molar-refractivity contribution in [1.29, 1.82) is 0 Å². The van der Waals surface area contributed by atoms with Gasteiger partial charge in [-0.05, 0) is 19.3 Å². The van der Waals surface area contributed by atoms with E-state index in [0.29, 0.717) is 0 Å². The van der Waals surface area contributed by atoms with Crippen molar-refractivity contribution in [2.45, 2.75) is 187 Å². The minimum Gasteiger partial charge on any atom is -0.264 e. The average Bonchev–Trinajstić information content (AvgIpc) is 2.89. The van der Waals surface area contributed by atoms with E-state index in [1.807, 2.05) is 0 Å². The van der Waals surface area contributed by atoms with E-state index in [2.05, 4.69) is 30.2 Å². The van der Waals surface area contributed by atoms with Crippen LogP contribution in [0.4, 0.5) is 0 Å². The average molecular weight is 559 g/mol. The zero-order valence-corrected chi connectivity index (χ0v) is 26.4. The normalized spacial score (nSPS) is 13.0. The molecule has 0 amide bonds. The molecular formula is C33H66O4S. The van der Waals surface area contributed by atoms with Crippen LogP contribution in [0.1, 0.15) is 187 Å². The standard InChI is InChI=1S/C33H66O4S/c1-3-5-7-9-11-13-14-15-16-17-18-19-20-21-22-23-25-27-29-31-33(32-37-38(34,35)36)30-28-26-24-12-10-8-6-4-2/h29,31,33H,3-28,30,32H2,1-2H3,(H,34,35,36)/b31-29+. The molecule has 1 atom stereocenters. The lowest BCUT2D eigenvalue weighted by molar-refractivity contribution is 0.234. The first kappa shape index (κ1) is 37.6. The number of unbranched alkanes of at least 4 members (excludes halogenated alkanes) is 24. The summed E-state index contributed by atoms with van der Waals surface area (Å²) >= 11 is 0. The first-order valence-corrected chi connectivity index (χ1v) is 18.1. The van der Waals surface area contributed by atoms with Crippen LogP contribution in [0.5, 0.6) is 0 Å². The maximum Gasteiger partial charge on any atom is 0.397 e. The molecule has 0 rings (SSSR count). The molecule has 38 heavy (non-hydrogen) atoms. The fourth-order valence-electron chi connectivity index (χ4n) is 5.22. The summed E-state index contributed by atoms with van der Waals surface area (Å²) in [5.41, 5.74) is 0. The Balaban J connectivity index is 3.68. The Kier molecular flexibility index (Phi) is 29.3. The molecule has 1 N–H and O–H groups in total. The third kappa shape index (κ3) is 31.8. The maximum absolute atomic E-state index is 11.0. The predicted molar refractivity (Wildman–Crippen MR) is 166 cm³/mol. The molecule has 228 valence electrons. The summed E-state index contributed by atoms with van der Waals surface area (Å²) in [6.07, 6.45) is 39.9. The molecule has 0 aromatic carbocycles. The quantitative estimate of drug-likeness (QED) is 0.0522. The zero-order chi connectivity index (χ0) is 28.0. The van der Waals surface area contributed by atoms with Gasteiger partial charge in [-0.3, -0.25) is 4.55 Å². The van der Waals surface area contributed by atoms with E-state index >= 15 is 0 Å². The van der Waals surface area contributed by atoms with E-state index < -0.39 is 10.4 Å². The van der Waals surface area contributed by atoms with Gasteiger partial charge in [-0.15, -0.1) is 0 Å². The first-order chi connectivity index (χ1) is 18.5. The first-order valence-electron chi connectivity index (χ1n) is 16.8. The van der Waals surface area contributed by atoms with Crippen LogP contribution in [0, 0.1) is 5.92 Å². The molecule has 0 aliphatic rings. The van der Waals surface area contributed by atoms with Crippen molar-refractivity contribution in [3.8, 4) is 0 Å². The smallest absolute Gasteiger partial charge is 0.264 e. The molecule has 0 saturated carbocycles. The van der Waals surface area contributed by atoms with E-state index in [0.717, 1.165) is 19.3 Å². The van der Waals surface area contributed by atoms with Gasteiger partial charge in [-0.1, -0.05) is 180 Å². The van der Waals surface area contributed by atoms with Gasteiger partial charge in [0.25, 0.3) is 0 Å². The molecule has 5 heteroatoms. The molecule has 0 aliphatic heterocycles. The lowest BCUT2D eigenvalue weighted by atomic mass is 9.99. The molecular weight excluding hydrogens is 492 g/mol. The van der Waals surface area contributed by atoms with Crippen LogP contribution in [0.15, 0.2) is 12.2 Å². The summed E-state index contributed by atoms with van der Waals surface area (Å²) in [5, 5.41) is 0. The van der Waals surface area contributed by atoms with Gasteiger partial charge in [-0.2, -0.15) is 8.42 Å². The third-order valence-corrected chi connectivity index (χ3v) is 8.18. The molecule has 0 aromatic rings. The molecule has 0 radical (unpaired) electrons. The minimum absolute atomic E-state index is 0.0465. The SMILES string of the molecule is CCCCCCCCCCCCCCCCCCC/C=C/C(CCCCCCCCCC)COS(=O)(=O)O. The summed E-state index contributed by atoms with van der Waals surface area (Å²) in [7, 11) is -4.36. The Morgan fingerprint density at radius 3 is 1.26 bits per heavy atom. The molecule has 0 aromatic heterocycles. The van der Waals surface area contributed by atoms with Crippen LogP contribution in [0.2, 0.25) is 0 Å². The van der Waals surface area contributed by atoms with E-state index in [-0.39, 0.29) is 12.5 Å². The fourth-order valence-corrected chi connectivity index (χ4v) is 5.57. The Morgan fingerprint density at radius 2 is 0.895 bits per heavy atom. The third-order valence-electron chi connectivity index (χ3n) is 7.74. The van der Waals surface area contributed by atoms with Crippen LogP contribution in [0.25, 0.3) is 0 Å². The second kappa shape index (κ2) is 29.6. The minimum atomic E-state index is -4.36. The van der Waals surface area contributed by atoms with Gasteiger partial charge in [0.15, 0.2) is 0 Å². The monoisotopic (exact) mass is 558 g/mol. The van der Waals surface area contributed by atoms with Crippen molar-refractivity contribution in [3.05, 3.63) is 12.2 Å². The van der Waals surface area contributed by atoms with Crippen LogP contribution >= 0.6 is 0 Å². The fraction of sp³-hybridized carbons (Fsp3) is 0.939. The molecule has 4 nitrogen and oxygen atoms in total. The van der Waals surface area contributed by atoms with Gasteiger partial charge in [0.2, 0.25) is 0 Å². The van der Waals surface area contributed by atoms with Gasteiger partial charge in [0.05, 0.1) is 6.61 Å². The molecule has 0 bridgehead atoms. The Bertz CT molecular complexity index is 588. The highest BCUT2D eigenvalue weighted by Gasteiger charge is 2.11. The van der Waals surface area contributed by atoms with E-state index in [1.165, 1.54) is 154 Å². The van der Waals surface area contributed by atoms with E-state index in [4.69, 9.17) is 4.55 Å². The van der Waals surface area contributed by atoms with Gasteiger partial charge in [-0.25, -0.2) is 4.18 Å². The van der Waals surface area contributed by atoms with E-state index in [1.54, 1.807) is 0 Å². The maximum atomic E-state index is 11.0. The molecule has 0 saturated heterocycles. The second-order valence-corrected chi connectivity index (χ2v) is 12.7. The van der Waals surface area contributed by atoms with Crippen molar-refractivity contribution in [1.82, 2.24) is 0 Å². The van der Waals surface area contributed by atoms with Crippen LogP contribution < -0.4 is 0 Å². The summed E-state index contributed by atoms with van der Waals surface area (Å²) in [5.74, 6) is 0.0582. The largest absolute Gasteiger partial charge is 0.397 e. The molecule has 0 heterocycles. The van der Waals surface area contributed by atoms with Crippen molar-refractivity contribution in [2.75, 3.05) is 6.61 Å². The molecule has 1 unspecified atom stereocenters. The van der Waals surface area contributed by atoms with Gasteiger partial charge in [0, 0.05) is 5.92 Å². The Morgan fingerprint density at radius 1 is 0.553 bits per heavy atom. The van der Waals surface area contributed by atoms with E-state index in [9.17, 15) is 8.42 Å². The zero-order valence-electron chi connectivity index (χ0n) is 25.6. The summed E-state index contributed by atoms with van der Waals surface area (Å²) in [6.45, 7) is 4.57. The highest BCUT2D eigenvalue weighted by Crippen LogP contribution is 2.17. The molecule has 0 fully saturated rings. The van der Waals surface area contributed by atoms with Crippen LogP contribution in [-0.2, 0) is 14.6 Å². The highest BCUT2D eigenvalue weighted by atomic mass is 32.3. The predicted octanol–water partition coefficient (Wildman–Crippen LogP) is 11.6. The number of allylic oxidation sites excluding steroid dienone is 1. The topological polar surface area (TPSA) is 63.6 Å². The van der Waals surface area contributed by atoms with Gasteiger partial charge in [0.1, 0.15) is 0 Å². The second-order valence-electron chi connectivity index (χ2n) is 11.6. The lowest BCUT2D eigenvalue weighted by Crippen LogP contribution is -2.12. The van der Waals surface area contributed by atoms with Gasteiger partial charge >= 0.3 is 10.4 Å². The highest BCUT2D eigenvalue weighted by molar-refractivity contribution is 7.80. The van der Waals surface area contributed by atoms with Crippen LogP contribution in [-0.4, -0.2) is 19.6 Å². The number of hydrogen-bond donors (Lipinski definition) is 1. The Labute approximate surface area is 239 Å². The molecule has 0 aliphatic carbocycles. The molecule has 0 spiro atoms. The lowest BCUT2D eigenvalue weighted by Gasteiger charge is -2.12. The number of hydrogen-bond acceptors (Lipinski definition) is 3.